The standard InChI is InChI=1S/C18H28N2O5S/c1-18(2,3)25-17(24)20-13(8-10-26-4)16(23)19-9-7-12-5-6-14(21)15(22)11-12/h5-6,11,13,21-22H,7-10H2,1-4H3,(H,19,23)(H,20,24)/t13-/m0/s1. The molecule has 0 aliphatic heterocycles. The van der Waals surface area contributed by atoms with Crippen LogP contribution in [0.25, 0.3) is 0 Å². The summed E-state index contributed by atoms with van der Waals surface area (Å²) in [5.74, 6) is 0.0577. The van der Waals surface area contributed by atoms with Gasteiger partial charge in [-0.1, -0.05) is 6.07 Å². The first kappa shape index (κ1) is 22.0. The van der Waals surface area contributed by atoms with Crippen LogP contribution in [-0.2, 0) is 16.0 Å². The molecule has 0 radical (unpaired) electrons. The molecule has 26 heavy (non-hydrogen) atoms. The van der Waals surface area contributed by atoms with Gasteiger partial charge >= 0.3 is 6.09 Å². The molecule has 0 fully saturated rings. The highest BCUT2D eigenvalue weighted by molar-refractivity contribution is 7.98. The first-order valence-electron chi connectivity index (χ1n) is 8.39. The van der Waals surface area contributed by atoms with Crippen molar-refractivity contribution >= 4 is 23.8 Å². The third-order valence-electron chi connectivity index (χ3n) is 3.37. The van der Waals surface area contributed by atoms with E-state index < -0.39 is 17.7 Å². The van der Waals surface area contributed by atoms with Crippen LogP contribution in [0.3, 0.4) is 0 Å². The van der Waals surface area contributed by atoms with Crippen molar-refractivity contribution in [3.63, 3.8) is 0 Å². The van der Waals surface area contributed by atoms with E-state index in [4.69, 9.17) is 4.74 Å². The smallest absolute Gasteiger partial charge is 0.408 e. The maximum absolute atomic E-state index is 12.4. The summed E-state index contributed by atoms with van der Waals surface area (Å²) in [6.45, 7) is 5.62. The Morgan fingerprint density at radius 2 is 1.92 bits per heavy atom. The van der Waals surface area contributed by atoms with Crippen LogP contribution in [0.1, 0.15) is 32.8 Å². The molecule has 0 aliphatic rings. The molecule has 0 aromatic heterocycles. The van der Waals surface area contributed by atoms with Gasteiger partial charge in [-0.05, 0) is 63.3 Å². The molecule has 1 aromatic carbocycles. The Balaban J connectivity index is 2.56. The minimum atomic E-state index is -0.675. The van der Waals surface area contributed by atoms with Crippen molar-refractivity contribution < 1.29 is 24.5 Å². The van der Waals surface area contributed by atoms with E-state index in [9.17, 15) is 19.8 Å². The Hall–Kier alpha value is -2.09. The molecule has 1 aromatic rings. The lowest BCUT2D eigenvalue weighted by Gasteiger charge is -2.23. The summed E-state index contributed by atoms with van der Waals surface area (Å²) in [5, 5.41) is 24.2. The fourth-order valence-electron chi connectivity index (χ4n) is 2.13. The van der Waals surface area contributed by atoms with Gasteiger partial charge in [-0.3, -0.25) is 4.79 Å². The van der Waals surface area contributed by atoms with E-state index in [0.717, 1.165) is 11.3 Å². The molecule has 8 heteroatoms. The molecule has 4 N–H and O–H groups in total. The van der Waals surface area contributed by atoms with Crippen molar-refractivity contribution in [2.24, 2.45) is 0 Å². The van der Waals surface area contributed by atoms with Crippen LogP contribution < -0.4 is 10.6 Å². The van der Waals surface area contributed by atoms with Crippen molar-refractivity contribution in [1.82, 2.24) is 10.6 Å². The van der Waals surface area contributed by atoms with E-state index in [0.29, 0.717) is 19.4 Å². The summed E-state index contributed by atoms with van der Waals surface area (Å²) in [5.41, 5.74) is 0.146. The molecular weight excluding hydrogens is 356 g/mol. The van der Waals surface area contributed by atoms with Gasteiger partial charge in [0.15, 0.2) is 11.5 Å². The molecule has 146 valence electrons. The Morgan fingerprint density at radius 1 is 1.23 bits per heavy atom. The van der Waals surface area contributed by atoms with Gasteiger partial charge in [-0.15, -0.1) is 0 Å². The predicted molar refractivity (Wildman–Crippen MR) is 103 cm³/mol. The monoisotopic (exact) mass is 384 g/mol. The summed E-state index contributed by atoms with van der Waals surface area (Å²) in [6, 6.07) is 3.85. The zero-order chi connectivity index (χ0) is 19.7. The Kier molecular flexibility index (Phi) is 8.57. The number of carbonyl (C=O) groups is 2. The van der Waals surface area contributed by atoms with Crippen molar-refractivity contribution in [3.8, 4) is 11.5 Å². The van der Waals surface area contributed by atoms with E-state index in [-0.39, 0.29) is 17.4 Å². The minimum absolute atomic E-state index is 0.184. The molecule has 1 rings (SSSR count). The fraction of sp³-hybridized carbons (Fsp3) is 0.556. The molecule has 0 saturated carbocycles. The SMILES string of the molecule is CSCC[C@H](NC(=O)OC(C)(C)C)C(=O)NCCc1ccc(O)c(O)c1. The normalized spacial score (nSPS) is 12.3. The number of thioether (sulfide) groups is 1. The lowest BCUT2D eigenvalue weighted by atomic mass is 10.1. The van der Waals surface area contributed by atoms with E-state index in [2.05, 4.69) is 10.6 Å². The minimum Gasteiger partial charge on any atom is -0.504 e. The van der Waals surface area contributed by atoms with E-state index in [1.807, 2.05) is 6.26 Å². The topological polar surface area (TPSA) is 108 Å². The van der Waals surface area contributed by atoms with Crippen LogP contribution in [0, 0.1) is 0 Å². The zero-order valence-electron chi connectivity index (χ0n) is 15.7. The molecule has 0 heterocycles. The lowest BCUT2D eigenvalue weighted by Crippen LogP contribution is -2.48. The third-order valence-corrected chi connectivity index (χ3v) is 4.01. The number of alkyl carbamates (subject to hydrolysis) is 1. The second-order valence-corrected chi connectivity index (χ2v) is 7.83. The quantitative estimate of drug-likeness (QED) is 0.513. The predicted octanol–water partition coefficient (Wildman–Crippen LogP) is 2.40. The van der Waals surface area contributed by atoms with Crippen LogP contribution in [-0.4, -0.2) is 52.4 Å². The van der Waals surface area contributed by atoms with Crippen molar-refractivity contribution in [2.75, 3.05) is 18.6 Å². The number of hydrogen-bond donors (Lipinski definition) is 4. The maximum Gasteiger partial charge on any atom is 0.408 e. The van der Waals surface area contributed by atoms with Crippen LogP contribution in [0.4, 0.5) is 4.79 Å². The maximum atomic E-state index is 12.4. The lowest BCUT2D eigenvalue weighted by molar-refractivity contribution is -0.123. The number of amides is 2. The number of benzene rings is 1. The van der Waals surface area contributed by atoms with Crippen LogP contribution >= 0.6 is 11.8 Å². The zero-order valence-corrected chi connectivity index (χ0v) is 16.5. The Bertz CT molecular complexity index is 616. The number of nitrogens with one attached hydrogen (secondary N) is 2. The highest BCUT2D eigenvalue weighted by Crippen LogP contribution is 2.24. The van der Waals surface area contributed by atoms with Gasteiger partial charge in [0, 0.05) is 6.54 Å². The van der Waals surface area contributed by atoms with E-state index in [1.165, 1.54) is 12.1 Å². The summed E-state index contributed by atoms with van der Waals surface area (Å²) in [6.07, 6.45) is 2.29. The highest BCUT2D eigenvalue weighted by atomic mass is 32.2. The summed E-state index contributed by atoms with van der Waals surface area (Å²) >= 11 is 1.59. The largest absolute Gasteiger partial charge is 0.504 e. The van der Waals surface area contributed by atoms with Gasteiger partial charge in [-0.2, -0.15) is 11.8 Å². The van der Waals surface area contributed by atoms with Crippen molar-refractivity contribution in [2.45, 2.75) is 45.3 Å². The number of ether oxygens (including phenoxy) is 1. The molecule has 0 spiro atoms. The molecule has 0 aliphatic carbocycles. The number of rotatable bonds is 8. The van der Waals surface area contributed by atoms with Crippen LogP contribution in [0.15, 0.2) is 18.2 Å². The van der Waals surface area contributed by atoms with Gasteiger partial charge in [0.25, 0.3) is 0 Å². The van der Waals surface area contributed by atoms with Gasteiger partial charge in [0.2, 0.25) is 5.91 Å². The first-order valence-corrected chi connectivity index (χ1v) is 9.79. The molecule has 7 nitrogen and oxygen atoms in total. The Morgan fingerprint density at radius 3 is 2.50 bits per heavy atom. The second-order valence-electron chi connectivity index (χ2n) is 6.84. The van der Waals surface area contributed by atoms with Gasteiger partial charge < -0.3 is 25.6 Å². The van der Waals surface area contributed by atoms with Crippen LogP contribution in [0.5, 0.6) is 11.5 Å². The number of carbonyl (C=O) groups excluding carboxylic acids is 2. The number of hydrogen-bond acceptors (Lipinski definition) is 6. The molecular formula is C18H28N2O5S. The highest BCUT2D eigenvalue weighted by Gasteiger charge is 2.23. The number of phenols is 2. The molecule has 0 bridgehead atoms. The van der Waals surface area contributed by atoms with Crippen LogP contribution in [0.2, 0.25) is 0 Å². The molecule has 2 amide bonds. The molecule has 0 unspecified atom stereocenters. The van der Waals surface area contributed by atoms with Gasteiger partial charge in [-0.25, -0.2) is 4.79 Å². The molecule has 1 atom stereocenters. The Labute approximate surface area is 158 Å². The number of phenolic OH excluding ortho intramolecular Hbond substituents is 2. The van der Waals surface area contributed by atoms with Crippen molar-refractivity contribution in [3.05, 3.63) is 23.8 Å². The third kappa shape index (κ3) is 8.33. The average Bonchev–Trinajstić information content (AvgIpc) is 2.53. The summed E-state index contributed by atoms with van der Waals surface area (Å²) in [4.78, 5) is 24.3. The summed E-state index contributed by atoms with van der Waals surface area (Å²) < 4.78 is 5.21. The van der Waals surface area contributed by atoms with Crippen molar-refractivity contribution in [1.29, 1.82) is 0 Å². The first-order chi connectivity index (χ1) is 12.1. The average molecular weight is 384 g/mol. The van der Waals surface area contributed by atoms with Gasteiger partial charge in [0.1, 0.15) is 11.6 Å². The van der Waals surface area contributed by atoms with Gasteiger partial charge in [0.05, 0.1) is 0 Å². The summed E-state index contributed by atoms with van der Waals surface area (Å²) in [7, 11) is 0. The van der Waals surface area contributed by atoms with E-state index >= 15 is 0 Å². The molecule has 0 saturated heterocycles. The fourth-order valence-corrected chi connectivity index (χ4v) is 2.60. The van der Waals surface area contributed by atoms with E-state index in [1.54, 1.807) is 38.6 Å². The number of aromatic hydroxyl groups is 2. The second kappa shape index (κ2) is 10.2.